The molecular formula is C40H42N8O4S2. The number of likely N-dealkylation sites (N-methyl/N-ethyl adjacent to an activating group) is 1. The minimum absolute atomic E-state index is 0.0774. The lowest BCUT2D eigenvalue weighted by Gasteiger charge is -2.32. The maximum atomic E-state index is 13.5. The minimum atomic E-state index is -1.04. The van der Waals surface area contributed by atoms with Crippen LogP contribution in [0.2, 0.25) is 0 Å². The van der Waals surface area contributed by atoms with E-state index in [2.05, 4.69) is 55.1 Å². The van der Waals surface area contributed by atoms with Gasteiger partial charge in [-0.15, -0.1) is 11.3 Å². The fourth-order valence-electron chi connectivity index (χ4n) is 7.07. The number of carboxylic acids is 1. The number of anilines is 2. The molecule has 3 aromatic heterocycles. The Morgan fingerprint density at radius 1 is 0.944 bits per heavy atom. The van der Waals surface area contributed by atoms with Gasteiger partial charge in [0.2, 0.25) is 0 Å². The molecule has 0 saturated carbocycles. The topological polar surface area (TPSA) is 129 Å². The molecule has 1 amide bonds. The number of fused-ring (bicyclic) bond motifs is 2. The van der Waals surface area contributed by atoms with Crippen LogP contribution in [0.25, 0.3) is 15.9 Å². The molecule has 1 saturated heterocycles. The second-order valence-electron chi connectivity index (χ2n) is 13.8. The van der Waals surface area contributed by atoms with Gasteiger partial charge in [0, 0.05) is 67.5 Å². The number of aryl methyl sites for hydroxylation is 1. The van der Waals surface area contributed by atoms with Gasteiger partial charge >= 0.3 is 5.97 Å². The number of carbonyl (C=O) groups excluding carboxylic acids is 1. The molecule has 0 unspecified atom stereocenters. The van der Waals surface area contributed by atoms with Gasteiger partial charge in [-0.25, -0.2) is 19.4 Å². The lowest BCUT2D eigenvalue weighted by atomic mass is 9.94. The van der Waals surface area contributed by atoms with Crippen LogP contribution in [0.4, 0.5) is 10.3 Å². The molecule has 0 spiro atoms. The molecule has 0 atom stereocenters. The lowest BCUT2D eigenvalue weighted by Crippen LogP contribution is -2.43. The van der Waals surface area contributed by atoms with E-state index >= 15 is 0 Å². The number of nitrogens with one attached hydrogen (secondary N) is 1. The molecule has 2 aliphatic rings. The second-order valence-corrected chi connectivity index (χ2v) is 15.9. The number of carbonyl (C=O) groups is 2. The standard InChI is InChI=1S/C40H42N8O4S2/c1-26-28(24-46-20-18-45(2)19-21-46)23-41-48(26)29-12-14-30(15-13-29)52-22-6-11-35-36(38(50)51)43-40(54-35)47-17-16-27-7-5-8-31(32(27)25-47)37(49)44-39-42-33-9-3-4-10-34(33)53-39/h3-5,7-10,12-15,23H,6,11,16-22,24-25H2,1-2H3,(H,50,51)(H,42,44,49). The van der Waals surface area contributed by atoms with E-state index in [0.29, 0.717) is 53.2 Å². The van der Waals surface area contributed by atoms with E-state index in [-0.39, 0.29) is 11.6 Å². The second kappa shape index (κ2) is 15.7. The number of nitrogens with zero attached hydrogens (tertiary/aromatic N) is 7. The summed E-state index contributed by atoms with van der Waals surface area (Å²) in [5.74, 6) is -0.506. The highest BCUT2D eigenvalue weighted by molar-refractivity contribution is 7.22. The van der Waals surface area contributed by atoms with Crippen LogP contribution in [-0.4, -0.2) is 92.9 Å². The van der Waals surface area contributed by atoms with Gasteiger partial charge in [-0.1, -0.05) is 35.6 Å². The average molecular weight is 763 g/mol. The van der Waals surface area contributed by atoms with Gasteiger partial charge in [-0.3, -0.25) is 15.0 Å². The number of ether oxygens (including phenoxy) is 1. The number of aromatic nitrogens is 4. The highest BCUT2D eigenvalue weighted by atomic mass is 32.1. The molecule has 6 aromatic rings. The molecule has 2 aliphatic heterocycles. The van der Waals surface area contributed by atoms with E-state index in [4.69, 9.17) is 4.74 Å². The highest BCUT2D eigenvalue weighted by Crippen LogP contribution is 2.33. The number of aromatic carboxylic acids is 1. The van der Waals surface area contributed by atoms with Crippen molar-refractivity contribution in [1.29, 1.82) is 0 Å². The van der Waals surface area contributed by atoms with E-state index in [1.807, 2.05) is 71.5 Å². The number of piperazine rings is 1. The summed E-state index contributed by atoms with van der Waals surface area (Å²) in [6.07, 6.45) is 3.86. The van der Waals surface area contributed by atoms with Crippen molar-refractivity contribution >= 4 is 55.0 Å². The van der Waals surface area contributed by atoms with Gasteiger partial charge < -0.3 is 19.6 Å². The van der Waals surface area contributed by atoms with E-state index in [1.165, 1.54) is 28.2 Å². The molecule has 5 heterocycles. The number of hydrogen-bond acceptors (Lipinski definition) is 11. The van der Waals surface area contributed by atoms with Crippen molar-refractivity contribution in [2.45, 2.75) is 39.3 Å². The van der Waals surface area contributed by atoms with Crippen LogP contribution in [0, 0.1) is 6.92 Å². The molecule has 278 valence electrons. The molecule has 0 radical (unpaired) electrons. The third-order valence-corrected chi connectivity index (χ3v) is 12.3. The molecule has 0 aliphatic carbocycles. The first kappa shape index (κ1) is 35.9. The van der Waals surface area contributed by atoms with Crippen LogP contribution in [0.15, 0.2) is 72.9 Å². The Balaban J connectivity index is 0.875. The Bertz CT molecular complexity index is 2260. The first-order valence-electron chi connectivity index (χ1n) is 18.2. The Morgan fingerprint density at radius 2 is 1.76 bits per heavy atom. The van der Waals surface area contributed by atoms with Crippen LogP contribution < -0.4 is 15.0 Å². The van der Waals surface area contributed by atoms with Gasteiger partial charge in [0.25, 0.3) is 5.91 Å². The summed E-state index contributed by atoms with van der Waals surface area (Å²) in [6.45, 7) is 8.91. The van der Waals surface area contributed by atoms with Gasteiger partial charge in [0.1, 0.15) is 5.75 Å². The monoisotopic (exact) mass is 762 g/mol. The zero-order valence-corrected chi connectivity index (χ0v) is 32.0. The number of thiazole rings is 2. The van der Waals surface area contributed by atoms with Crippen molar-refractivity contribution in [1.82, 2.24) is 29.5 Å². The number of hydrogen-bond donors (Lipinski definition) is 2. The molecule has 8 rings (SSSR count). The fourth-order valence-corrected chi connectivity index (χ4v) is 9.05. The summed E-state index contributed by atoms with van der Waals surface area (Å²) < 4.78 is 9.05. The molecule has 12 nitrogen and oxygen atoms in total. The Labute approximate surface area is 321 Å². The summed E-state index contributed by atoms with van der Waals surface area (Å²) in [6, 6.07) is 21.5. The Morgan fingerprint density at radius 3 is 2.56 bits per heavy atom. The van der Waals surface area contributed by atoms with Gasteiger partial charge in [-0.2, -0.15) is 5.10 Å². The average Bonchev–Trinajstić information content (AvgIpc) is 3.91. The lowest BCUT2D eigenvalue weighted by molar-refractivity contribution is 0.0690. The molecule has 1 fully saturated rings. The van der Waals surface area contributed by atoms with E-state index in [9.17, 15) is 14.7 Å². The SMILES string of the molecule is Cc1c(CN2CCN(C)CC2)cnn1-c1ccc(OCCCc2sc(N3CCc4cccc(C(=O)Nc5nc6ccccc6s5)c4C3)nc2C(=O)O)cc1. The summed E-state index contributed by atoms with van der Waals surface area (Å²) in [4.78, 5) is 42.5. The molecule has 2 N–H and O–H groups in total. The first-order chi connectivity index (χ1) is 26.3. The van der Waals surface area contributed by atoms with Crippen molar-refractivity contribution in [2.75, 3.05) is 56.6 Å². The van der Waals surface area contributed by atoms with E-state index in [0.717, 1.165) is 77.6 Å². The van der Waals surface area contributed by atoms with E-state index in [1.54, 1.807) is 0 Å². The summed E-state index contributed by atoms with van der Waals surface area (Å²) in [7, 11) is 2.17. The number of amides is 1. The van der Waals surface area contributed by atoms with Crippen LogP contribution in [0.1, 0.15) is 54.5 Å². The van der Waals surface area contributed by atoms with Crippen molar-refractivity contribution < 1.29 is 19.4 Å². The maximum Gasteiger partial charge on any atom is 0.355 e. The van der Waals surface area contributed by atoms with Gasteiger partial charge in [0.05, 0.1) is 28.7 Å². The zero-order valence-electron chi connectivity index (χ0n) is 30.3. The third kappa shape index (κ3) is 7.73. The van der Waals surface area contributed by atoms with Crippen LogP contribution in [0.3, 0.4) is 0 Å². The van der Waals surface area contributed by atoms with Gasteiger partial charge in [0.15, 0.2) is 16.0 Å². The number of para-hydroxylation sites is 1. The Hall–Kier alpha value is -5.15. The Kier molecular flexibility index (Phi) is 10.4. The minimum Gasteiger partial charge on any atom is -0.494 e. The summed E-state index contributed by atoms with van der Waals surface area (Å²) >= 11 is 2.85. The fraction of sp³-hybridized carbons (Fsp3) is 0.325. The van der Waals surface area contributed by atoms with Crippen molar-refractivity contribution in [2.24, 2.45) is 0 Å². The zero-order chi connectivity index (χ0) is 37.2. The number of carboxylic acid groups (broad SMARTS) is 1. The molecule has 54 heavy (non-hydrogen) atoms. The third-order valence-electron chi connectivity index (χ3n) is 10.2. The molecular weight excluding hydrogens is 721 g/mol. The highest BCUT2D eigenvalue weighted by Gasteiger charge is 2.27. The number of benzene rings is 3. The maximum absolute atomic E-state index is 13.5. The van der Waals surface area contributed by atoms with E-state index < -0.39 is 5.97 Å². The predicted molar refractivity (Wildman–Crippen MR) is 213 cm³/mol. The van der Waals surface area contributed by atoms with Crippen LogP contribution in [-0.2, 0) is 25.9 Å². The predicted octanol–water partition coefficient (Wildman–Crippen LogP) is 6.52. The van der Waals surface area contributed by atoms with Gasteiger partial charge in [-0.05, 0) is 86.8 Å². The smallest absolute Gasteiger partial charge is 0.355 e. The normalized spacial score (nSPS) is 15.0. The van der Waals surface area contributed by atoms with Crippen LogP contribution in [0.5, 0.6) is 5.75 Å². The molecule has 3 aromatic carbocycles. The molecule has 0 bridgehead atoms. The quantitative estimate of drug-likeness (QED) is 0.133. The summed E-state index contributed by atoms with van der Waals surface area (Å²) in [5.41, 5.74) is 6.90. The van der Waals surface area contributed by atoms with Crippen LogP contribution >= 0.6 is 22.7 Å². The molecule has 14 heteroatoms. The number of rotatable bonds is 12. The first-order valence-corrected chi connectivity index (χ1v) is 19.9. The van der Waals surface area contributed by atoms with Crippen molar-refractivity contribution in [3.8, 4) is 11.4 Å². The summed E-state index contributed by atoms with van der Waals surface area (Å²) in [5, 5.41) is 18.9. The largest absolute Gasteiger partial charge is 0.494 e. The van der Waals surface area contributed by atoms with Crippen molar-refractivity contribution in [3.63, 3.8) is 0 Å². The van der Waals surface area contributed by atoms with Crippen molar-refractivity contribution in [3.05, 3.63) is 111 Å².